The predicted octanol–water partition coefficient (Wildman–Crippen LogP) is -0.534. The lowest BCUT2D eigenvalue weighted by atomic mass is 11.0. The molecule has 0 saturated heterocycles. The summed E-state index contributed by atoms with van der Waals surface area (Å²) >= 11 is 2.90. The lowest BCUT2D eigenvalue weighted by molar-refractivity contribution is 0.591. The second-order valence-electron chi connectivity index (χ2n) is 2.94. The second kappa shape index (κ2) is 7.77. The van der Waals surface area contributed by atoms with Crippen LogP contribution in [0, 0.1) is 0 Å². The van der Waals surface area contributed by atoms with Gasteiger partial charge in [-0.3, -0.25) is 0 Å². The molecule has 0 spiro atoms. The van der Waals surface area contributed by atoms with Gasteiger partial charge in [-0.15, -0.1) is 23.5 Å². The molecule has 0 atom stereocenters. The molecule has 0 aromatic heterocycles. The van der Waals surface area contributed by atoms with Crippen molar-refractivity contribution < 1.29 is 16.8 Å². The maximum absolute atomic E-state index is 10.7. The number of thioether (sulfide) groups is 2. The molecule has 0 fully saturated rings. The Hall–Kier alpha value is 0.520. The van der Waals surface area contributed by atoms with E-state index in [0.717, 1.165) is 24.0 Å². The van der Waals surface area contributed by atoms with Crippen molar-refractivity contribution in [1.29, 1.82) is 0 Å². The van der Waals surface area contributed by atoms with E-state index in [-0.39, 0.29) is 0 Å². The molecule has 6 nitrogen and oxygen atoms in total. The van der Waals surface area contributed by atoms with Crippen molar-refractivity contribution >= 4 is 43.6 Å². The van der Waals surface area contributed by atoms with Crippen molar-refractivity contribution in [1.82, 2.24) is 9.44 Å². The van der Waals surface area contributed by atoms with Gasteiger partial charge in [0, 0.05) is 11.5 Å². The first-order chi connectivity index (χ1) is 7.21. The van der Waals surface area contributed by atoms with E-state index in [0.29, 0.717) is 11.8 Å². The molecule has 0 aliphatic rings. The van der Waals surface area contributed by atoms with Crippen molar-refractivity contribution in [2.75, 3.05) is 35.8 Å². The Morgan fingerprint density at radius 1 is 0.812 bits per heavy atom. The third-order valence-electron chi connectivity index (χ3n) is 1.22. The zero-order chi connectivity index (χ0) is 12.7. The number of hydrogen-bond acceptors (Lipinski definition) is 6. The van der Waals surface area contributed by atoms with Crippen LogP contribution in [0.25, 0.3) is 0 Å². The van der Waals surface area contributed by atoms with Gasteiger partial charge in [-0.2, -0.15) is 0 Å². The van der Waals surface area contributed by atoms with Crippen LogP contribution >= 0.6 is 23.5 Å². The first kappa shape index (κ1) is 16.5. The van der Waals surface area contributed by atoms with Gasteiger partial charge in [-0.1, -0.05) is 0 Å². The summed E-state index contributed by atoms with van der Waals surface area (Å²) in [5.74, 6) is 2.22. The van der Waals surface area contributed by atoms with E-state index in [1.165, 1.54) is 23.5 Å². The Balaban J connectivity index is 3.29. The second-order valence-corrected chi connectivity index (χ2v) is 8.81. The predicted molar refractivity (Wildman–Crippen MR) is 70.6 cm³/mol. The maximum atomic E-state index is 10.7. The van der Waals surface area contributed by atoms with Crippen LogP contribution in [0.1, 0.15) is 0 Å². The Kier molecular flexibility index (Phi) is 8.02. The summed E-state index contributed by atoms with van der Waals surface area (Å²) in [4.78, 5) is 0. The topological polar surface area (TPSA) is 92.3 Å². The third-order valence-corrected chi connectivity index (χ3v) is 4.86. The first-order valence-electron chi connectivity index (χ1n) is 4.25. The molecule has 0 bridgehead atoms. The van der Waals surface area contributed by atoms with Gasteiger partial charge in [0.2, 0.25) is 20.0 Å². The van der Waals surface area contributed by atoms with Crippen LogP contribution in [0.5, 0.6) is 0 Å². The van der Waals surface area contributed by atoms with Gasteiger partial charge in [0.15, 0.2) is 0 Å². The normalized spacial score (nSPS) is 12.9. The molecule has 98 valence electrons. The summed E-state index contributed by atoms with van der Waals surface area (Å²) in [6.07, 6.45) is 2.22. The average molecular weight is 308 g/mol. The van der Waals surface area contributed by atoms with Crippen LogP contribution in [-0.4, -0.2) is 52.6 Å². The lowest BCUT2D eigenvalue weighted by Gasteiger charge is -2.03. The van der Waals surface area contributed by atoms with Crippen molar-refractivity contribution in [3.63, 3.8) is 0 Å². The highest BCUT2D eigenvalue weighted by molar-refractivity contribution is 8.03. The van der Waals surface area contributed by atoms with Gasteiger partial charge < -0.3 is 0 Å². The Morgan fingerprint density at radius 3 is 1.38 bits per heavy atom. The maximum Gasteiger partial charge on any atom is 0.209 e. The highest BCUT2D eigenvalue weighted by Gasteiger charge is 2.00. The molecule has 0 unspecified atom stereocenters. The van der Waals surface area contributed by atoms with Crippen LogP contribution in [0.4, 0.5) is 0 Å². The van der Waals surface area contributed by atoms with E-state index < -0.39 is 20.0 Å². The Morgan fingerprint density at radius 2 is 1.12 bits per heavy atom. The van der Waals surface area contributed by atoms with Gasteiger partial charge in [0.05, 0.1) is 24.3 Å². The average Bonchev–Trinajstić information content (AvgIpc) is 2.06. The molecule has 10 heteroatoms. The third kappa shape index (κ3) is 14.5. The summed E-state index contributed by atoms with van der Waals surface area (Å²) in [5, 5.41) is 0. The van der Waals surface area contributed by atoms with E-state index in [4.69, 9.17) is 0 Å². The summed E-state index contributed by atoms with van der Waals surface area (Å²) in [6, 6.07) is 0. The highest BCUT2D eigenvalue weighted by Crippen LogP contribution is 2.04. The SMILES string of the molecule is CS(=O)(=O)NCSCCSCNS(C)(=O)=O. The summed E-state index contributed by atoms with van der Waals surface area (Å²) in [6.45, 7) is 0. The van der Waals surface area contributed by atoms with Crippen LogP contribution in [0.15, 0.2) is 0 Å². The lowest BCUT2D eigenvalue weighted by Crippen LogP contribution is -2.22. The van der Waals surface area contributed by atoms with Gasteiger partial charge in [-0.25, -0.2) is 26.3 Å². The standard InChI is InChI=1S/C6H16N2O4S4/c1-15(9,10)7-5-13-3-4-14-6-8-16(2,11)12/h7-8H,3-6H2,1-2H3. The molecule has 2 N–H and O–H groups in total. The van der Waals surface area contributed by atoms with Gasteiger partial charge in [0.25, 0.3) is 0 Å². The largest absolute Gasteiger partial charge is 0.213 e. The van der Waals surface area contributed by atoms with Gasteiger partial charge in [-0.05, 0) is 0 Å². The Labute approximate surface area is 105 Å². The molecule has 0 aliphatic carbocycles. The van der Waals surface area contributed by atoms with Crippen LogP contribution in [0.2, 0.25) is 0 Å². The monoisotopic (exact) mass is 308 g/mol. The number of rotatable bonds is 9. The number of sulfonamides is 2. The van der Waals surface area contributed by atoms with Crippen LogP contribution in [-0.2, 0) is 20.0 Å². The van der Waals surface area contributed by atoms with E-state index in [9.17, 15) is 16.8 Å². The molecule has 16 heavy (non-hydrogen) atoms. The molecular weight excluding hydrogens is 292 g/mol. The summed E-state index contributed by atoms with van der Waals surface area (Å²) in [7, 11) is -6.22. The van der Waals surface area contributed by atoms with E-state index >= 15 is 0 Å². The quantitative estimate of drug-likeness (QED) is 0.439. The van der Waals surface area contributed by atoms with Gasteiger partial charge >= 0.3 is 0 Å². The fourth-order valence-corrected chi connectivity index (χ4v) is 4.17. The summed E-state index contributed by atoms with van der Waals surface area (Å²) in [5.41, 5.74) is 0. The van der Waals surface area contributed by atoms with Crippen molar-refractivity contribution in [2.24, 2.45) is 0 Å². The molecular formula is C6H16N2O4S4. The zero-order valence-electron chi connectivity index (χ0n) is 9.09. The van der Waals surface area contributed by atoms with Crippen molar-refractivity contribution in [3.8, 4) is 0 Å². The van der Waals surface area contributed by atoms with E-state index in [2.05, 4.69) is 9.44 Å². The molecule has 0 aromatic rings. The fraction of sp³-hybridized carbons (Fsp3) is 1.00. The molecule has 0 saturated carbocycles. The molecule has 0 aliphatic heterocycles. The van der Waals surface area contributed by atoms with Crippen molar-refractivity contribution in [2.45, 2.75) is 0 Å². The smallest absolute Gasteiger partial charge is 0.209 e. The van der Waals surface area contributed by atoms with Crippen molar-refractivity contribution in [3.05, 3.63) is 0 Å². The first-order valence-corrected chi connectivity index (χ1v) is 10.3. The summed E-state index contributed by atoms with van der Waals surface area (Å²) < 4.78 is 47.4. The number of hydrogen-bond donors (Lipinski definition) is 2. The highest BCUT2D eigenvalue weighted by atomic mass is 32.2. The molecule has 0 rings (SSSR count). The van der Waals surface area contributed by atoms with Gasteiger partial charge in [0.1, 0.15) is 0 Å². The minimum absolute atomic E-state index is 0.346. The zero-order valence-corrected chi connectivity index (χ0v) is 12.4. The molecule has 0 heterocycles. The van der Waals surface area contributed by atoms with E-state index in [1.54, 1.807) is 0 Å². The number of nitrogens with one attached hydrogen (secondary N) is 2. The molecule has 0 aromatic carbocycles. The molecule has 0 amide bonds. The Bertz CT molecular complexity index is 339. The minimum atomic E-state index is -3.11. The van der Waals surface area contributed by atoms with Crippen LogP contribution < -0.4 is 9.44 Å². The minimum Gasteiger partial charge on any atom is -0.213 e. The van der Waals surface area contributed by atoms with E-state index in [1.807, 2.05) is 0 Å². The molecule has 0 radical (unpaired) electrons. The fourth-order valence-electron chi connectivity index (χ4n) is 0.560. The van der Waals surface area contributed by atoms with Crippen LogP contribution in [0.3, 0.4) is 0 Å².